The van der Waals surface area contributed by atoms with Crippen molar-refractivity contribution in [1.29, 1.82) is 0 Å². The topological polar surface area (TPSA) is 15.3 Å². The Kier molecular flexibility index (Phi) is 4.26. The number of hydrogen-bond acceptors (Lipinski definition) is 2. The van der Waals surface area contributed by atoms with Gasteiger partial charge in [0.15, 0.2) is 0 Å². The molecule has 1 saturated heterocycles. The van der Waals surface area contributed by atoms with E-state index >= 15 is 0 Å². The van der Waals surface area contributed by atoms with Crippen LogP contribution in [0.1, 0.15) is 19.3 Å². The zero-order chi connectivity index (χ0) is 10.6. The van der Waals surface area contributed by atoms with Crippen LogP contribution in [-0.2, 0) is 0 Å². The van der Waals surface area contributed by atoms with Gasteiger partial charge < -0.3 is 10.2 Å². The van der Waals surface area contributed by atoms with Crippen molar-refractivity contribution >= 4 is 0 Å². The van der Waals surface area contributed by atoms with E-state index in [2.05, 4.69) is 5.32 Å². The first kappa shape index (κ1) is 11.9. The molecule has 0 aromatic carbocycles. The Balaban J connectivity index is 2.43. The first-order valence-corrected chi connectivity index (χ1v) is 5.27. The van der Waals surface area contributed by atoms with E-state index in [-0.39, 0.29) is 6.42 Å². The van der Waals surface area contributed by atoms with Crippen LogP contribution >= 0.6 is 0 Å². The highest BCUT2D eigenvalue weighted by atomic mass is 19.3. The molecule has 1 N–H and O–H groups in total. The zero-order valence-electron chi connectivity index (χ0n) is 9.02. The summed E-state index contributed by atoms with van der Waals surface area (Å²) >= 11 is 0. The lowest BCUT2D eigenvalue weighted by atomic mass is 9.90. The van der Waals surface area contributed by atoms with Crippen LogP contribution in [-0.4, -0.2) is 44.6 Å². The lowest BCUT2D eigenvalue weighted by Crippen LogP contribution is -2.42. The van der Waals surface area contributed by atoms with Crippen LogP contribution in [0.3, 0.4) is 0 Å². The predicted octanol–water partition coefficient (Wildman–Crippen LogP) is 1.57. The lowest BCUT2D eigenvalue weighted by molar-refractivity contribution is -0.0846. The van der Waals surface area contributed by atoms with Gasteiger partial charge in [-0.1, -0.05) is 0 Å². The number of nitrogens with one attached hydrogen (secondary N) is 1. The summed E-state index contributed by atoms with van der Waals surface area (Å²) in [6.07, 6.45) is 1.53. The minimum atomic E-state index is -2.50. The molecule has 84 valence electrons. The summed E-state index contributed by atoms with van der Waals surface area (Å²) in [6, 6.07) is 0. The van der Waals surface area contributed by atoms with Crippen LogP contribution in [0.4, 0.5) is 8.78 Å². The molecule has 1 aliphatic rings. The van der Waals surface area contributed by atoms with Crippen LogP contribution in [0.15, 0.2) is 0 Å². The number of halogens is 2. The Labute approximate surface area is 84.7 Å². The van der Waals surface area contributed by atoms with E-state index in [1.807, 2.05) is 11.9 Å². The Hall–Kier alpha value is -0.220. The molecule has 1 unspecified atom stereocenters. The van der Waals surface area contributed by atoms with Gasteiger partial charge in [-0.25, -0.2) is 8.78 Å². The van der Waals surface area contributed by atoms with Gasteiger partial charge in [-0.3, -0.25) is 0 Å². The number of rotatable bonds is 4. The maximum atomic E-state index is 13.6. The molecule has 14 heavy (non-hydrogen) atoms. The normalized spacial score (nSPS) is 25.3. The fourth-order valence-electron chi connectivity index (χ4n) is 2.01. The average molecular weight is 206 g/mol. The largest absolute Gasteiger partial charge is 0.320 e. The third-order valence-electron chi connectivity index (χ3n) is 2.93. The van der Waals surface area contributed by atoms with Crippen LogP contribution in [0, 0.1) is 5.92 Å². The lowest BCUT2D eigenvalue weighted by Gasteiger charge is -2.34. The standard InChI is InChI=1S/C10H20F2N2/c1-13-6-5-10(11,12)9-4-3-7-14(2)8-9/h9,13H,3-8H2,1-2H3. The molecule has 1 heterocycles. The van der Waals surface area contributed by atoms with Gasteiger partial charge in [0.25, 0.3) is 5.92 Å². The Morgan fingerprint density at radius 3 is 2.79 bits per heavy atom. The summed E-state index contributed by atoms with van der Waals surface area (Å²) in [5.41, 5.74) is 0. The molecule has 1 aliphatic heterocycles. The molecular weight excluding hydrogens is 186 g/mol. The minimum absolute atomic E-state index is 0.0397. The van der Waals surface area contributed by atoms with Crippen LogP contribution in [0.5, 0.6) is 0 Å². The number of nitrogens with zero attached hydrogens (tertiary/aromatic N) is 1. The number of hydrogen-bond donors (Lipinski definition) is 1. The van der Waals surface area contributed by atoms with Crippen molar-refractivity contribution in [1.82, 2.24) is 10.2 Å². The smallest absolute Gasteiger partial charge is 0.253 e. The van der Waals surface area contributed by atoms with Gasteiger partial charge >= 0.3 is 0 Å². The van der Waals surface area contributed by atoms with Crippen molar-refractivity contribution in [2.75, 3.05) is 33.7 Å². The minimum Gasteiger partial charge on any atom is -0.320 e. The summed E-state index contributed by atoms with van der Waals surface area (Å²) in [5.74, 6) is -2.95. The molecule has 1 rings (SSSR count). The summed E-state index contributed by atoms with van der Waals surface area (Å²) in [6.45, 7) is 1.89. The molecule has 0 spiro atoms. The summed E-state index contributed by atoms with van der Waals surface area (Å²) < 4.78 is 27.2. The molecule has 0 radical (unpaired) electrons. The van der Waals surface area contributed by atoms with Crippen molar-refractivity contribution in [3.8, 4) is 0 Å². The second kappa shape index (κ2) is 5.03. The fourth-order valence-corrected chi connectivity index (χ4v) is 2.01. The van der Waals surface area contributed by atoms with Gasteiger partial charge in [-0.15, -0.1) is 0 Å². The first-order valence-electron chi connectivity index (χ1n) is 5.27. The van der Waals surface area contributed by atoms with E-state index in [9.17, 15) is 8.78 Å². The van der Waals surface area contributed by atoms with E-state index in [1.54, 1.807) is 7.05 Å². The van der Waals surface area contributed by atoms with E-state index in [1.165, 1.54) is 0 Å². The second-order valence-corrected chi connectivity index (χ2v) is 4.22. The van der Waals surface area contributed by atoms with Gasteiger partial charge in [0, 0.05) is 25.4 Å². The molecule has 2 nitrogen and oxygen atoms in total. The maximum absolute atomic E-state index is 13.6. The number of likely N-dealkylation sites (tertiary alicyclic amines) is 1. The van der Waals surface area contributed by atoms with Gasteiger partial charge in [-0.2, -0.15) is 0 Å². The maximum Gasteiger partial charge on any atom is 0.253 e. The zero-order valence-corrected chi connectivity index (χ0v) is 9.02. The van der Waals surface area contributed by atoms with Crippen LogP contribution in [0.25, 0.3) is 0 Å². The Morgan fingerprint density at radius 1 is 1.50 bits per heavy atom. The van der Waals surface area contributed by atoms with Crippen molar-refractivity contribution < 1.29 is 8.78 Å². The quantitative estimate of drug-likeness (QED) is 0.751. The second-order valence-electron chi connectivity index (χ2n) is 4.22. The molecule has 4 heteroatoms. The molecule has 0 aromatic heterocycles. The number of piperidine rings is 1. The van der Waals surface area contributed by atoms with E-state index in [0.717, 1.165) is 13.0 Å². The monoisotopic (exact) mass is 206 g/mol. The molecule has 0 aromatic rings. The fraction of sp³-hybridized carbons (Fsp3) is 1.00. The van der Waals surface area contributed by atoms with Gasteiger partial charge in [0.05, 0.1) is 0 Å². The highest BCUT2D eigenvalue weighted by molar-refractivity contribution is 4.83. The van der Waals surface area contributed by atoms with E-state index < -0.39 is 11.8 Å². The van der Waals surface area contributed by atoms with Crippen molar-refractivity contribution in [2.24, 2.45) is 5.92 Å². The highest BCUT2D eigenvalue weighted by Crippen LogP contribution is 2.33. The van der Waals surface area contributed by atoms with Crippen molar-refractivity contribution in [2.45, 2.75) is 25.2 Å². The molecule has 0 amide bonds. The Morgan fingerprint density at radius 2 is 2.21 bits per heavy atom. The molecule has 0 saturated carbocycles. The van der Waals surface area contributed by atoms with Crippen molar-refractivity contribution in [3.63, 3.8) is 0 Å². The summed E-state index contributed by atoms with van der Waals surface area (Å²) in [5, 5.41) is 2.78. The van der Waals surface area contributed by atoms with E-state index in [4.69, 9.17) is 0 Å². The first-order chi connectivity index (χ1) is 6.56. The van der Waals surface area contributed by atoms with Gasteiger partial charge in [0.2, 0.25) is 0 Å². The third kappa shape index (κ3) is 3.17. The molecule has 1 atom stereocenters. The van der Waals surface area contributed by atoms with E-state index in [0.29, 0.717) is 19.5 Å². The molecule has 0 aliphatic carbocycles. The average Bonchev–Trinajstić information content (AvgIpc) is 2.15. The summed E-state index contributed by atoms with van der Waals surface area (Å²) in [4.78, 5) is 2.00. The SMILES string of the molecule is CNCCC(F)(F)C1CCCN(C)C1. The highest BCUT2D eigenvalue weighted by Gasteiger charge is 2.40. The number of alkyl halides is 2. The van der Waals surface area contributed by atoms with Crippen LogP contribution < -0.4 is 5.32 Å². The predicted molar refractivity (Wildman–Crippen MR) is 53.7 cm³/mol. The third-order valence-corrected chi connectivity index (χ3v) is 2.93. The molecule has 1 fully saturated rings. The molecule has 0 bridgehead atoms. The van der Waals surface area contributed by atoms with Gasteiger partial charge in [0.1, 0.15) is 0 Å². The van der Waals surface area contributed by atoms with Crippen LogP contribution in [0.2, 0.25) is 0 Å². The Bertz CT molecular complexity index is 174. The van der Waals surface area contributed by atoms with Gasteiger partial charge in [-0.05, 0) is 33.5 Å². The van der Waals surface area contributed by atoms with Crippen molar-refractivity contribution in [3.05, 3.63) is 0 Å². The summed E-state index contributed by atoms with van der Waals surface area (Å²) in [7, 11) is 3.63. The molecular formula is C10H20F2N2.